The summed E-state index contributed by atoms with van der Waals surface area (Å²) in [5.74, 6) is -0.452. The van der Waals surface area contributed by atoms with Crippen molar-refractivity contribution in [3.8, 4) is 5.75 Å². The Morgan fingerprint density at radius 2 is 2.00 bits per heavy atom. The topological polar surface area (TPSA) is 22.1 Å². The van der Waals surface area contributed by atoms with E-state index in [0.29, 0.717) is 5.69 Å². The van der Waals surface area contributed by atoms with Crippen LogP contribution in [-0.2, 0) is 6.18 Å². The van der Waals surface area contributed by atoms with Crippen LogP contribution in [0.2, 0.25) is 0 Å². The van der Waals surface area contributed by atoms with E-state index >= 15 is 0 Å². The first-order valence-corrected chi connectivity index (χ1v) is 5.62. The molecule has 0 unspecified atom stereocenters. The number of aromatic nitrogens is 1. The van der Waals surface area contributed by atoms with Gasteiger partial charge in [0.25, 0.3) is 0 Å². The van der Waals surface area contributed by atoms with Crippen LogP contribution in [0.25, 0.3) is 0 Å². The molecule has 0 radical (unpaired) electrons. The molecule has 0 N–H and O–H groups in total. The fourth-order valence-corrected chi connectivity index (χ4v) is 1.35. The maximum absolute atomic E-state index is 12.8. The number of nitrogens with zero attached hydrogens (tertiary/aromatic N) is 1. The Kier molecular flexibility index (Phi) is 4.93. The number of hydrogen-bond acceptors (Lipinski definition) is 2. The lowest BCUT2D eigenvalue weighted by Crippen LogP contribution is -2.11. The Morgan fingerprint density at radius 1 is 1.33 bits per heavy atom. The van der Waals surface area contributed by atoms with Gasteiger partial charge in [0.2, 0.25) is 0 Å². The quantitative estimate of drug-likeness (QED) is 0.593. The first kappa shape index (κ1) is 14.7. The summed E-state index contributed by atoms with van der Waals surface area (Å²) in [6.07, 6.45) is -3.39. The van der Waals surface area contributed by atoms with E-state index in [1.165, 1.54) is 0 Å². The summed E-state index contributed by atoms with van der Waals surface area (Å²) in [7, 11) is 0. The largest absolute Gasteiger partial charge is 0.491 e. The van der Waals surface area contributed by atoms with Gasteiger partial charge >= 0.3 is 6.18 Å². The van der Waals surface area contributed by atoms with E-state index in [2.05, 4.69) is 4.98 Å². The number of alkyl halides is 4. The van der Waals surface area contributed by atoms with Crippen LogP contribution >= 0.6 is 0 Å². The van der Waals surface area contributed by atoms with Crippen LogP contribution in [0.3, 0.4) is 0 Å². The standard InChI is InChI=1S/C12H15F4NO/c1-8(2)10-6-9(12(14,15)16)11(7-17-10)18-5-3-4-13/h6-8H,3-5H2,1-2H3. The Hall–Kier alpha value is -1.33. The summed E-state index contributed by atoms with van der Waals surface area (Å²) in [4.78, 5) is 3.91. The van der Waals surface area contributed by atoms with Crippen molar-refractivity contribution in [1.82, 2.24) is 4.98 Å². The molecule has 1 aromatic heterocycles. The van der Waals surface area contributed by atoms with Crippen molar-refractivity contribution < 1.29 is 22.3 Å². The van der Waals surface area contributed by atoms with Gasteiger partial charge in [-0.2, -0.15) is 13.2 Å². The van der Waals surface area contributed by atoms with E-state index in [9.17, 15) is 17.6 Å². The second-order valence-electron chi connectivity index (χ2n) is 4.15. The number of hydrogen-bond donors (Lipinski definition) is 0. The highest BCUT2D eigenvalue weighted by Gasteiger charge is 2.35. The zero-order valence-corrected chi connectivity index (χ0v) is 10.2. The van der Waals surface area contributed by atoms with E-state index in [1.54, 1.807) is 13.8 Å². The molecule has 1 aromatic rings. The van der Waals surface area contributed by atoms with Crippen LogP contribution in [-0.4, -0.2) is 18.3 Å². The molecule has 0 aliphatic rings. The average Bonchev–Trinajstić information content (AvgIpc) is 2.28. The second-order valence-corrected chi connectivity index (χ2v) is 4.15. The fraction of sp³-hybridized carbons (Fsp3) is 0.583. The van der Waals surface area contributed by atoms with E-state index in [-0.39, 0.29) is 24.7 Å². The lowest BCUT2D eigenvalue weighted by atomic mass is 10.1. The van der Waals surface area contributed by atoms with Gasteiger partial charge in [-0.1, -0.05) is 13.8 Å². The molecular weight excluding hydrogens is 250 g/mol. The molecule has 0 aromatic carbocycles. The molecule has 0 saturated heterocycles. The maximum atomic E-state index is 12.8. The molecule has 0 fully saturated rings. The third kappa shape index (κ3) is 3.85. The first-order chi connectivity index (χ1) is 8.36. The van der Waals surface area contributed by atoms with Gasteiger partial charge in [0.05, 0.1) is 19.5 Å². The van der Waals surface area contributed by atoms with Gasteiger partial charge in [-0.15, -0.1) is 0 Å². The maximum Gasteiger partial charge on any atom is 0.420 e. The van der Waals surface area contributed by atoms with Crippen molar-refractivity contribution in [1.29, 1.82) is 0 Å². The summed E-state index contributed by atoms with van der Waals surface area (Å²) in [6.45, 7) is 2.79. The van der Waals surface area contributed by atoms with Gasteiger partial charge < -0.3 is 4.74 Å². The Balaban J connectivity index is 3.02. The average molecular weight is 265 g/mol. The van der Waals surface area contributed by atoms with Gasteiger partial charge in [0, 0.05) is 12.1 Å². The van der Waals surface area contributed by atoms with Gasteiger partial charge in [-0.3, -0.25) is 9.37 Å². The van der Waals surface area contributed by atoms with Gasteiger partial charge in [-0.25, -0.2) is 0 Å². The predicted octanol–water partition coefficient (Wildman–Crippen LogP) is 3.96. The highest BCUT2D eigenvalue weighted by atomic mass is 19.4. The third-order valence-electron chi connectivity index (χ3n) is 2.32. The normalized spacial score (nSPS) is 11.9. The molecule has 0 spiro atoms. The molecular formula is C12H15F4NO. The lowest BCUT2D eigenvalue weighted by Gasteiger charge is -2.15. The Bertz CT molecular complexity index is 390. The van der Waals surface area contributed by atoms with Crippen LogP contribution < -0.4 is 4.74 Å². The highest BCUT2D eigenvalue weighted by molar-refractivity contribution is 5.35. The minimum atomic E-state index is -4.50. The van der Waals surface area contributed by atoms with E-state index < -0.39 is 18.4 Å². The molecule has 0 saturated carbocycles. The monoisotopic (exact) mass is 265 g/mol. The van der Waals surface area contributed by atoms with Crippen molar-refractivity contribution in [3.05, 3.63) is 23.5 Å². The van der Waals surface area contributed by atoms with E-state index in [1.807, 2.05) is 0 Å². The predicted molar refractivity (Wildman–Crippen MR) is 59.4 cm³/mol. The molecule has 0 aliphatic carbocycles. The molecule has 2 nitrogen and oxygen atoms in total. The smallest absolute Gasteiger partial charge is 0.420 e. The SMILES string of the molecule is CC(C)c1cc(C(F)(F)F)c(OCCCF)cn1. The van der Waals surface area contributed by atoms with E-state index in [0.717, 1.165) is 12.3 Å². The number of rotatable bonds is 5. The minimum Gasteiger partial charge on any atom is -0.491 e. The van der Waals surface area contributed by atoms with Crippen LogP contribution in [0.5, 0.6) is 5.75 Å². The van der Waals surface area contributed by atoms with Crippen molar-refractivity contribution in [2.45, 2.75) is 32.4 Å². The van der Waals surface area contributed by atoms with Crippen LogP contribution in [0.1, 0.15) is 37.4 Å². The van der Waals surface area contributed by atoms with Crippen LogP contribution in [0, 0.1) is 0 Å². The molecule has 18 heavy (non-hydrogen) atoms. The van der Waals surface area contributed by atoms with Gasteiger partial charge in [-0.05, 0) is 12.0 Å². The second kappa shape index (κ2) is 6.02. The minimum absolute atomic E-state index is 0.0588. The molecule has 0 atom stereocenters. The summed E-state index contributed by atoms with van der Waals surface area (Å²) in [5, 5.41) is 0. The van der Waals surface area contributed by atoms with E-state index in [4.69, 9.17) is 4.74 Å². The Labute approximate surface area is 103 Å². The van der Waals surface area contributed by atoms with Gasteiger partial charge in [0.1, 0.15) is 11.3 Å². The van der Waals surface area contributed by atoms with Gasteiger partial charge in [0.15, 0.2) is 0 Å². The third-order valence-corrected chi connectivity index (χ3v) is 2.32. The lowest BCUT2D eigenvalue weighted by molar-refractivity contribution is -0.139. The number of ether oxygens (including phenoxy) is 1. The van der Waals surface area contributed by atoms with Crippen molar-refractivity contribution in [2.24, 2.45) is 0 Å². The van der Waals surface area contributed by atoms with Crippen LogP contribution in [0.4, 0.5) is 17.6 Å². The first-order valence-electron chi connectivity index (χ1n) is 5.62. The zero-order chi connectivity index (χ0) is 13.8. The summed E-state index contributed by atoms with van der Waals surface area (Å²) in [6, 6.07) is 0.982. The molecule has 1 heterocycles. The molecule has 102 valence electrons. The number of halogens is 4. The van der Waals surface area contributed by atoms with Crippen molar-refractivity contribution in [3.63, 3.8) is 0 Å². The molecule has 0 aliphatic heterocycles. The zero-order valence-electron chi connectivity index (χ0n) is 10.2. The van der Waals surface area contributed by atoms with Crippen molar-refractivity contribution >= 4 is 0 Å². The molecule has 0 bridgehead atoms. The number of pyridine rings is 1. The summed E-state index contributed by atoms with van der Waals surface area (Å²) >= 11 is 0. The molecule has 6 heteroatoms. The van der Waals surface area contributed by atoms with Crippen LogP contribution in [0.15, 0.2) is 12.3 Å². The fourth-order valence-electron chi connectivity index (χ4n) is 1.35. The summed E-state index contributed by atoms with van der Waals surface area (Å²) in [5.41, 5.74) is -0.514. The Morgan fingerprint density at radius 3 is 2.50 bits per heavy atom. The summed E-state index contributed by atoms with van der Waals surface area (Å²) < 4.78 is 55.3. The van der Waals surface area contributed by atoms with Crippen molar-refractivity contribution in [2.75, 3.05) is 13.3 Å². The highest BCUT2D eigenvalue weighted by Crippen LogP contribution is 2.37. The molecule has 1 rings (SSSR count). The molecule has 0 amide bonds.